The van der Waals surface area contributed by atoms with Crippen LogP contribution in [0.2, 0.25) is 0 Å². The van der Waals surface area contributed by atoms with Crippen LogP contribution in [0.1, 0.15) is 34.8 Å². The highest BCUT2D eigenvalue weighted by Gasteiger charge is 2.33. The van der Waals surface area contributed by atoms with Crippen molar-refractivity contribution in [1.29, 1.82) is 0 Å². The van der Waals surface area contributed by atoms with Crippen LogP contribution >= 0.6 is 0 Å². The van der Waals surface area contributed by atoms with E-state index in [4.69, 9.17) is 4.74 Å². The van der Waals surface area contributed by atoms with E-state index in [0.29, 0.717) is 5.92 Å². The third-order valence-electron chi connectivity index (χ3n) is 4.18. The molecule has 1 aliphatic carbocycles. The van der Waals surface area contributed by atoms with E-state index in [1.807, 2.05) is 24.3 Å². The van der Waals surface area contributed by atoms with Gasteiger partial charge in [0.1, 0.15) is 11.5 Å². The van der Waals surface area contributed by atoms with Crippen LogP contribution in [-0.2, 0) is 0 Å². The van der Waals surface area contributed by atoms with Gasteiger partial charge in [-0.1, -0.05) is 18.2 Å². The van der Waals surface area contributed by atoms with Crippen molar-refractivity contribution in [2.45, 2.75) is 25.5 Å². The van der Waals surface area contributed by atoms with Crippen LogP contribution in [0.3, 0.4) is 0 Å². The SMILES string of the molecule is COc1ccc(C(NC(=O)c2cccc(OC(F)F)c2)C2CC2)cc1. The molecule has 132 valence electrons. The summed E-state index contributed by atoms with van der Waals surface area (Å²) in [5, 5.41) is 3.01. The predicted octanol–water partition coefficient (Wildman–Crippen LogP) is 4.18. The number of hydrogen-bond donors (Lipinski definition) is 1. The first-order valence-corrected chi connectivity index (χ1v) is 8.06. The third kappa shape index (κ3) is 4.47. The smallest absolute Gasteiger partial charge is 0.387 e. The molecular weight excluding hydrogens is 328 g/mol. The molecule has 1 amide bonds. The molecule has 2 aromatic rings. The summed E-state index contributed by atoms with van der Waals surface area (Å²) in [6.07, 6.45) is 2.09. The molecule has 6 heteroatoms. The van der Waals surface area contributed by atoms with Gasteiger partial charge in [0.15, 0.2) is 0 Å². The first-order valence-electron chi connectivity index (χ1n) is 8.06. The number of methoxy groups -OCH3 is 1. The number of halogens is 2. The molecule has 1 unspecified atom stereocenters. The van der Waals surface area contributed by atoms with E-state index in [1.54, 1.807) is 13.2 Å². The van der Waals surface area contributed by atoms with Crippen LogP contribution in [0.15, 0.2) is 48.5 Å². The Kier molecular flexibility index (Phi) is 5.16. The first-order chi connectivity index (χ1) is 12.1. The summed E-state index contributed by atoms with van der Waals surface area (Å²) in [6.45, 7) is -2.92. The van der Waals surface area contributed by atoms with E-state index in [-0.39, 0.29) is 23.3 Å². The molecule has 1 fully saturated rings. The lowest BCUT2D eigenvalue weighted by molar-refractivity contribution is -0.0498. The molecular formula is C19H19F2NO3. The Morgan fingerprint density at radius 1 is 1.12 bits per heavy atom. The minimum atomic E-state index is -2.92. The number of carbonyl (C=O) groups is 1. The zero-order valence-electron chi connectivity index (χ0n) is 13.7. The quantitative estimate of drug-likeness (QED) is 0.817. The molecule has 0 bridgehead atoms. The van der Waals surface area contributed by atoms with Gasteiger partial charge in [-0.3, -0.25) is 4.79 Å². The maximum atomic E-state index is 12.5. The van der Waals surface area contributed by atoms with Crippen molar-refractivity contribution in [2.24, 2.45) is 5.92 Å². The molecule has 0 heterocycles. The Morgan fingerprint density at radius 2 is 1.84 bits per heavy atom. The van der Waals surface area contributed by atoms with Gasteiger partial charge in [0.25, 0.3) is 5.91 Å². The van der Waals surface area contributed by atoms with Gasteiger partial charge in [-0.25, -0.2) is 0 Å². The van der Waals surface area contributed by atoms with E-state index in [2.05, 4.69) is 10.1 Å². The number of alkyl halides is 2. The summed E-state index contributed by atoms with van der Waals surface area (Å²) in [5.74, 6) is 0.793. The molecule has 0 radical (unpaired) electrons. The summed E-state index contributed by atoms with van der Waals surface area (Å²) >= 11 is 0. The molecule has 0 spiro atoms. The highest BCUT2D eigenvalue weighted by molar-refractivity contribution is 5.94. The third-order valence-corrected chi connectivity index (χ3v) is 4.18. The van der Waals surface area contributed by atoms with Crippen LogP contribution in [-0.4, -0.2) is 19.6 Å². The molecule has 0 aromatic heterocycles. The Balaban J connectivity index is 1.74. The van der Waals surface area contributed by atoms with E-state index in [0.717, 1.165) is 24.2 Å². The van der Waals surface area contributed by atoms with Crippen LogP contribution in [0.25, 0.3) is 0 Å². The lowest BCUT2D eigenvalue weighted by Crippen LogP contribution is -2.29. The maximum absolute atomic E-state index is 12.5. The molecule has 1 N–H and O–H groups in total. The van der Waals surface area contributed by atoms with Gasteiger partial charge in [-0.2, -0.15) is 8.78 Å². The number of ether oxygens (including phenoxy) is 2. The zero-order valence-corrected chi connectivity index (χ0v) is 13.7. The van der Waals surface area contributed by atoms with Crippen molar-refractivity contribution in [2.75, 3.05) is 7.11 Å². The van der Waals surface area contributed by atoms with Crippen LogP contribution < -0.4 is 14.8 Å². The Labute approximate surface area is 144 Å². The minimum Gasteiger partial charge on any atom is -0.497 e. The van der Waals surface area contributed by atoms with Gasteiger partial charge in [0.2, 0.25) is 0 Å². The Hall–Kier alpha value is -2.63. The van der Waals surface area contributed by atoms with Crippen molar-refractivity contribution in [1.82, 2.24) is 5.32 Å². The second-order valence-corrected chi connectivity index (χ2v) is 5.97. The fraction of sp³-hybridized carbons (Fsp3) is 0.316. The van der Waals surface area contributed by atoms with E-state index >= 15 is 0 Å². The fourth-order valence-corrected chi connectivity index (χ4v) is 2.75. The molecule has 25 heavy (non-hydrogen) atoms. The van der Waals surface area contributed by atoms with Crippen molar-refractivity contribution in [3.8, 4) is 11.5 Å². The fourth-order valence-electron chi connectivity index (χ4n) is 2.75. The van der Waals surface area contributed by atoms with Gasteiger partial charge >= 0.3 is 6.61 Å². The number of carbonyl (C=O) groups excluding carboxylic acids is 1. The number of nitrogens with one attached hydrogen (secondary N) is 1. The summed E-state index contributed by atoms with van der Waals surface area (Å²) < 4.78 is 34.2. The van der Waals surface area contributed by atoms with E-state index in [9.17, 15) is 13.6 Å². The molecule has 0 aliphatic heterocycles. The molecule has 4 nitrogen and oxygen atoms in total. The molecule has 1 atom stereocenters. The number of amides is 1. The van der Waals surface area contributed by atoms with Gasteiger partial charge in [0, 0.05) is 5.56 Å². The molecule has 0 saturated heterocycles. The standard InChI is InChI=1S/C19H19F2NO3/c1-24-15-9-7-13(8-10-15)17(12-5-6-12)22-18(23)14-3-2-4-16(11-14)25-19(20)21/h2-4,7-12,17,19H,5-6H2,1H3,(H,22,23). The van der Waals surface area contributed by atoms with Gasteiger partial charge in [0.05, 0.1) is 13.2 Å². The topological polar surface area (TPSA) is 47.6 Å². The summed E-state index contributed by atoms with van der Waals surface area (Å²) in [5.41, 5.74) is 1.29. The van der Waals surface area contributed by atoms with Crippen molar-refractivity contribution in [3.05, 3.63) is 59.7 Å². The van der Waals surface area contributed by atoms with Gasteiger partial charge in [-0.05, 0) is 54.7 Å². The largest absolute Gasteiger partial charge is 0.497 e. The summed E-state index contributed by atoms with van der Waals surface area (Å²) in [7, 11) is 1.60. The van der Waals surface area contributed by atoms with E-state index < -0.39 is 6.61 Å². The molecule has 1 aliphatic rings. The highest BCUT2D eigenvalue weighted by atomic mass is 19.3. The second-order valence-electron chi connectivity index (χ2n) is 5.97. The maximum Gasteiger partial charge on any atom is 0.387 e. The number of hydrogen-bond acceptors (Lipinski definition) is 3. The Bertz CT molecular complexity index is 730. The molecule has 2 aromatic carbocycles. The lowest BCUT2D eigenvalue weighted by atomic mass is 10.0. The number of rotatable bonds is 7. The van der Waals surface area contributed by atoms with Crippen LogP contribution in [0.4, 0.5) is 8.78 Å². The van der Waals surface area contributed by atoms with Crippen molar-refractivity contribution in [3.63, 3.8) is 0 Å². The minimum absolute atomic E-state index is 0.0323. The monoisotopic (exact) mass is 347 g/mol. The summed E-state index contributed by atoms with van der Waals surface area (Å²) in [6, 6.07) is 13.3. The van der Waals surface area contributed by atoms with Crippen molar-refractivity contribution < 1.29 is 23.0 Å². The van der Waals surface area contributed by atoms with Crippen LogP contribution in [0, 0.1) is 5.92 Å². The normalized spacial score (nSPS) is 14.9. The Morgan fingerprint density at radius 3 is 2.44 bits per heavy atom. The van der Waals surface area contributed by atoms with Gasteiger partial charge in [-0.15, -0.1) is 0 Å². The number of benzene rings is 2. The molecule has 3 rings (SSSR count). The molecule has 1 saturated carbocycles. The predicted molar refractivity (Wildman–Crippen MR) is 89.0 cm³/mol. The summed E-state index contributed by atoms with van der Waals surface area (Å²) in [4.78, 5) is 12.5. The second kappa shape index (κ2) is 7.51. The van der Waals surface area contributed by atoms with Gasteiger partial charge < -0.3 is 14.8 Å². The zero-order chi connectivity index (χ0) is 17.8. The van der Waals surface area contributed by atoms with Crippen LogP contribution in [0.5, 0.6) is 11.5 Å². The average Bonchev–Trinajstić information content (AvgIpc) is 3.44. The van der Waals surface area contributed by atoms with Crippen molar-refractivity contribution >= 4 is 5.91 Å². The lowest BCUT2D eigenvalue weighted by Gasteiger charge is -2.19. The highest BCUT2D eigenvalue weighted by Crippen LogP contribution is 2.41. The first kappa shape index (κ1) is 17.2. The average molecular weight is 347 g/mol. The van der Waals surface area contributed by atoms with E-state index in [1.165, 1.54) is 18.2 Å².